The highest BCUT2D eigenvalue weighted by Gasteiger charge is 2.10. The summed E-state index contributed by atoms with van der Waals surface area (Å²) in [4.78, 5) is 6.84. The van der Waals surface area contributed by atoms with Crippen LogP contribution >= 0.6 is 11.6 Å². The molecule has 0 N–H and O–H groups in total. The van der Waals surface area contributed by atoms with Crippen molar-refractivity contribution in [2.75, 3.05) is 26.2 Å². The number of benzene rings is 1. The van der Waals surface area contributed by atoms with Crippen LogP contribution in [0.1, 0.15) is 25.7 Å². The maximum atomic E-state index is 6.07. The molecule has 0 saturated carbocycles. The summed E-state index contributed by atoms with van der Waals surface area (Å²) in [7, 11) is 0. The quantitative estimate of drug-likeness (QED) is 0.848. The lowest BCUT2D eigenvalue weighted by molar-refractivity contribution is 0.211. The second-order valence-corrected chi connectivity index (χ2v) is 6.02. The lowest BCUT2D eigenvalue weighted by atomic mass is 10.2. The molecule has 0 aliphatic carbocycles. The Bertz CT molecular complexity index is 594. The standard InChI is InChI=1S/C17H21ClN2O/c18-15-6-5-14-7-8-19-17(16(14)13-15)21-12-11-20-9-3-1-2-4-10-20/h5-8,13H,1-4,9-12H2. The second kappa shape index (κ2) is 7.10. The van der Waals surface area contributed by atoms with Crippen molar-refractivity contribution in [1.82, 2.24) is 9.88 Å². The third kappa shape index (κ3) is 3.86. The van der Waals surface area contributed by atoms with Crippen molar-refractivity contribution < 1.29 is 4.74 Å². The molecular formula is C17H21ClN2O. The van der Waals surface area contributed by atoms with Gasteiger partial charge in [0.1, 0.15) is 6.61 Å². The molecule has 0 atom stereocenters. The fourth-order valence-electron chi connectivity index (χ4n) is 2.86. The van der Waals surface area contributed by atoms with Crippen LogP contribution in [0.25, 0.3) is 10.8 Å². The van der Waals surface area contributed by atoms with Gasteiger partial charge in [-0.25, -0.2) is 4.98 Å². The molecular weight excluding hydrogens is 284 g/mol. The number of ether oxygens (including phenoxy) is 1. The molecule has 112 valence electrons. The molecule has 0 unspecified atom stereocenters. The van der Waals surface area contributed by atoms with Crippen molar-refractivity contribution in [1.29, 1.82) is 0 Å². The molecule has 21 heavy (non-hydrogen) atoms. The minimum absolute atomic E-state index is 0.679. The fraction of sp³-hybridized carbons (Fsp3) is 0.471. The molecule has 1 aromatic heterocycles. The zero-order valence-electron chi connectivity index (χ0n) is 12.2. The molecule has 1 saturated heterocycles. The van der Waals surface area contributed by atoms with Crippen LogP contribution in [0.2, 0.25) is 5.02 Å². The Morgan fingerprint density at radius 1 is 1.10 bits per heavy atom. The highest BCUT2D eigenvalue weighted by molar-refractivity contribution is 6.31. The molecule has 0 amide bonds. The van der Waals surface area contributed by atoms with E-state index in [0.29, 0.717) is 17.5 Å². The number of rotatable bonds is 4. The molecule has 0 radical (unpaired) electrons. The van der Waals surface area contributed by atoms with Gasteiger partial charge in [-0.15, -0.1) is 0 Å². The summed E-state index contributed by atoms with van der Waals surface area (Å²) in [5.41, 5.74) is 0. The Hall–Kier alpha value is -1.32. The zero-order chi connectivity index (χ0) is 14.5. The van der Waals surface area contributed by atoms with Crippen LogP contribution in [0.15, 0.2) is 30.5 Å². The molecule has 0 spiro atoms. The first-order valence-corrected chi connectivity index (χ1v) is 8.10. The van der Waals surface area contributed by atoms with E-state index in [2.05, 4.69) is 9.88 Å². The number of hydrogen-bond donors (Lipinski definition) is 0. The number of hydrogen-bond acceptors (Lipinski definition) is 3. The van der Waals surface area contributed by atoms with Gasteiger partial charge >= 0.3 is 0 Å². The lowest BCUT2D eigenvalue weighted by Gasteiger charge is -2.19. The third-order valence-electron chi connectivity index (χ3n) is 4.04. The number of halogens is 1. The first kappa shape index (κ1) is 14.6. The molecule has 2 heterocycles. The van der Waals surface area contributed by atoms with Crippen LogP contribution in [-0.2, 0) is 0 Å². The highest BCUT2D eigenvalue weighted by atomic mass is 35.5. The van der Waals surface area contributed by atoms with Crippen LogP contribution < -0.4 is 4.74 Å². The van der Waals surface area contributed by atoms with Gasteiger partial charge < -0.3 is 4.74 Å². The molecule has 1 aliphatic rings. The van der Waals surface area contributed by atoms with Crippen LogP contribution in [0.3, 0.4) is 0 Å². The minimum Gasteiger partial charge on any atom is -0.476 e. The number of pyridine rings is 1. The molecule has 1 aliphatic heterocycles. The van der Waals surface area contributed by atoms with Crippen LogP contribution in [0.4, 0.5) is 0 Å². The average molecular weight is 305 g/mol. The summed E-state index contributed by atoms with van der Waals surface area (Å²) in [5.74, 6) is 0.685. The van der Waals surface area contributed by atoms with Gasteiger partial charge in [0.15, 0.2) is 0 Å². The van der Waals surface area contributed by atoms with Crippen molar-refractivity contribution in [2.24, 2.45) is 0 Å². The number of likely N-dealkylation sites (tertiary alicyclic amines) is 1. The van der Waals surface area contributed by atoms with E-state index >= 15 is 0 Å². The molecule has 2 aromatic rings. The van der Waals surface area contributed by atoms with E-state index in [1.54, 1.807) is 6.20 Å². The Kier molecular flexibility index (Phi) is 4.94. The Morgan fingerprint density at radius 3 is 2.71 bits per heavy atom. The maximum absolute atomic E-state index is 6.07. The topological polar surface area (TPSA) is 25.4 Å². The van der Waals surface area contributed by atoms with E-state index in [4.69, 9.17) is 16.3 Å². The van der Waals surface area contributed by atoms with E-state index in [-0.39, 0.29) is 0 Å². The SMILES string of the molecule is Clc1ccc2ccnc(OCCN3CCCCCC3)c2c1. The largest absolute Gasteiger partial charge is 0.476 e. The van der Waals surface area contributed by atoms with Crippen molar-refractivity contribution in [2.45, 2.75) is 25.7 Å². The number of nitrogens with zero attached hydrogens (tertiary/aromatic N) is 2. The second-order valence-electron chi connectivity index (χ2n) is 5.59. The highest BCUT2D eigenvalue weighted by Crippen LogP contribution is 2.26. The Labute approximate surface area is 130 Å². The van der Waals surface area contributed by atoms with Crippen molar-refractivity contribution in [3.05, 3.63) is 35.5 Å². The van der Waals surface area contributed by atoms with Gasteiger partial charge in [0, 0.05) is 23.2 Å². The number of fused-ring (bicyclic) bond motifs is 1. The average Bonchev–Trinajstić information content (AvgIpc) is 2.76. The zero-order valence-corrected chi connectivity index (χ0v) is 13.0. The van der Waals surface area contributed by atoms with Crippen LogP contribution in [0.5, 0.6) is 5.88 Å². The predicted molar refractivity (Wildman–Crippen MR) is 87.2 cm³/mol. The molecule has 0 bridgehead atoms. The van der Waals surface area contributed by atoms with Gasteiger partial charge in [0.05, 0.1) is 0 Å². The van der Waals surface area contributed by atoms with Gasteiger partial charge in [-0.05, 0) is 49.5 Å². The molecule has 1 fully saturated rings. The Morgan fingerprint density at radius 2 is 1.90 bits per heavy atom. The summed E-state index contributed by atoms with van der Waals surface area (Å²) in [6.45, 7) is 4.04. The maximum Gasteiger partial charge on any atom is 0.221 e. The van der Waals surface area contributed by atoms with Crippen LogP contribution in [0, 0.1) is 0 Å². The molecule has 3 nitrogen and oxygen atoms in total. The number of aromatic nitrogens is 1. The van der Waals surface area contributed by atoms with Crippen molar-refractivity contribution >= 4 is 22.4 Å². The fourth-order valence-corrected chi connectivity index (χ4v) is 3.03. The summed E-state index contributed by atoms with van der Waals surface area (Å²) in [6.07, 6.45) is 7.13. The van der Waals surface area contributed by atoms with E-state index in [9.17, 15) is 0 Å². The van der Waals surface area contributed by atoms with Gasteiger partial charge in [0.25, 0.3) is 0 Å². The monoisotopic (exact) mass is 304 g/mol. The summed E-state index contributed by atoms with van der Waals surface area (Å²) in [6, 6.07) is 7.80. The van der Waals surface area contributed by atoms with Gasteiger partial charge in [0.2, 0.25) is 5.88 Å². The smallest absolute Gasteiger partial charge is 0.221 e. The van der Waals surface area contributed by atoms with Gasteiger partial charge in [-0.2, -0.15) is 0 Å². The van der Waals surface area contributed by atoms with E-state index in [1.807, 2.05) is 24.3 Å². The van der Waals surface area contributed by atoms with E-state index in [0.717, 1.165) is 17.3 Å². The van der Waals surface area contributed by atoms with Gasteiger partial charge in [-0.1, -0.05) is 30.5 Å². The van der Waals surface area contributed by atoms with Crippen molar-refractivity contribution in [3.8, 4) is 5.88 Å². The normalized spacial score (nSPS) is 16.8. The summed E-state index contributed by atoms with van der Waals surface area (Å²) in [5, 5.41) is 2.81. The molecule has 3 rings (SSSR count). The summed E-state index contributed by atoms with van der Waals surface area (Å²) < 4.78 is 5.91. The first-order valence-electron chi connectivity index (χ1n) is 7.72. The third-order valence-corrected chi connectivity index (χ3v) is 4.27. The van der Waals surface area contributed by atoms with Gasteiger partial charge in [-0.3, -0.25) is 4.90 Å². The first-order chi connectivity index (χ1) is 10.3. The predicted octanol–water partition coefficient (Wildman–Crippen LogP) is 4.14. The minimum atomic E-state index is 0.679. The molecule has 4 heteroatoms. The van der Waals surface area contributed by atoms with E-state index < -0.39 is 0 Å². The van der Waals surface area contributed by atoms with Crippen molar-refractivity contribution in [3.63, 3.8) is 0 Å². The Balaban J connectivity index is 1.63. The summed E-state index contributed by atoms with van der Waals surface area (Å²) >= 11 is 6.07. The van der Waals surface area contributed by atoms with Crippen LogP contribution in [-0.4, -0.2) is 36.1 Å². The molecule has 1 aromatic carbocycles. The van der Waals surface area contributed by atoms with E-state index in [1.165, 1.54) is 38.8 Å². The lowest BCUT2D eigenvalue weighted by Crippen LogP contribution is -2.29.